The number of carbonyl (C=O) groups excluding carboxylic acids is 2. The maximum Gasteiger partial charge on any atom is 0.416 e. The molecular weight excluding hydrogens is 637 g/mol. The summed E-state index contributed by atoms with van der Waals surface area (Å²) in [5, 5.41) is 0.467. The number of benzene rings is 2. The third-order valence-corrected chi connectivity index (χ3v) is 8.86. The molecule has 0 radical (unpaired) electrons. The number of methoxy groups -OCH3 is 1. The van der Waals surface area contributed by atoms with Crippen molar-refractivity contribution in [2.24, 2.45) is 0 Å². The average Bonchev–Trinajstić information content (AvgIpc) is 3.81. The van der Waals surface area contributed by atoms with Crippen LogP contribution in [0.3, 0.4) is 0 Å². The minimum atomic E-state index is -5.77. The van der Waals surface area contributed by atoms with Crippen LogP contribution in [0.4, 0.5) is 30.7 Å². The zero-order valence-corrected chi connectivity index (χ0v) is 24.4. The van der Waals surface area contributed by atoms with Crippen LogP contribution in [0.25, 0.3) is 5.57 Å². The first-order valence-electron chi connectivity index (χ1n) is 14.6. The van der Waals surface area contributed by atoms with Crippen LogP contribution in [0.2, 0.25) is 0 Å². The summed E-state index contributed by atoms with van der Waals surface area (Å²) in [4.78, 5) is 26.7. The van der Waals surface area contributed by atoms with Crippen LogP contribution in [0.5, 0.6) is 11.5 Å². The Bertz CT molecular complexity index is 1660. The number of ether oxygens (including phenoxy) is 2. The quantitative estimate of drug-likeness (QED) is 0.171. The predicted molar refractivity (Wildman–Crippen MR) is 147 cm³/mol. The summed E-state index contributed by atoms with van der Waals surface area (Å²) >= 11 is 0. The van der Waals surface area contributed by atoms with E-state index in [9.17, 15) is 31.2 Å². The van der Waals surface area contributed by atoms with Crippen LogP contribution in [0.1, 0.15) is 58.8 Å². The molecule has 1 aliphatic heterocycles. The first-order valence-corrected chi connectivity index (χ1v) is 15.1. The molecule has 2 aliphatic rings. The summed E-state index contributed by atoms with van der Waals surface area (Å²) in [7, 11) is -3.09. The summed E-state index contributed by atoms with van der Waals surface area (Å²) < 4.78 is 153. The molecule has 1 saturated carbocycles. The number of hydrogen-bond donors (Lipinski definition) is 2. The number of nitrogens with one attached hydrogen (secondary N) is 2. The fourth-order valence-electron chi connectivity index (χ4n) is 4.57. The number of sulfonamides is 1. The molecule has 0 bridgehead atoms. The van der Waals surface area contributed by atoms with Gasteiger partial charge >= 0.3 is 12.4 Å². The van der Waals surface area contributed by atoms with E-state index in [0.717, 1.165) is 18.2 Å². The fraction of sp³-hybridized carbons (Fsp3) is 0.448. The van der Waals surface area contributed by atoms with Crippen LogP contribution in [0, 0.1) is 5.82 Å². The molecule has 0 spiro atoms. The van der Waals surface area contributed by atoms with Gasteiger partial charge in [-0.1, -0.05) is 12.1 Å². The lowest BCUT2D eigenvalue weighted by Crippen LogP contribution is -2.60. The van der Waals surface area contributed by atoms with Crippen molar-refractivity contribution in [3.63, 3.8) is 0 Å². The normalized spacial score (nSPS) is 21.0. The molecule has 1 atom stereocenters. The first kappa shape index (κ1) is 31.2. The van der Waals surface area contributed by atoms with Crippen LogP contribution in [0.15, 0.2) is 48.0 Å². The predicted octanol–water partition coefficient (Wildman–Crippen LogP) is 5.68. The molecule has 1 fully saturated rings. The van der Waals surface area contributed by atoms with E-state index in [1.165, 1.54) is 24.6 Å². The van der Waals surface area contributed by atoms with Gasteiger partial charge in [-0.2, -0.15) is 26.3 Å². The van der Waals surface area contributed by atoms with Crippen molar-refractivity contribution in [2.45, 2.75) is 68.0 Å². The zero-order chi connectivity index (χ0) is 35.0. The molecule has 0 saturated heterocycles. The second-order valence-corrected chi connectivity index (χ2v) is 12.4. The van der Waals surface area contributed by atoms with Gasteiger partial charge in [-0.15, -0.1) is 0 Å². The molecule has 16 heteroatoms. The summed E-state index contributed by atoms with van der Waals surface area (Å²) in [6.45, 7) is -0.203. The average molecular weight is 669 g/mol. The van der Waals surface area contributed by atoms with E-state index in [-0.39, 0.29) is 50.2 Å². The van der Waals surface area contributed by atoms with E-state index in [1.54, 1.807) is 4.72 Å². The minimum Gasteiger partial charge on any atom is -0.497 e. The molecule has 2 amide bonds. The highest BCUT2D eigenvalue weighted by molar-refractivity contribution is 7.91. The molecule has 4 rings (SSSR count). The smallest absolute Gasteiger partial charge is 0.416 e. The van der Waals surface area contributed by atoms with Gasteiger partial charge in [0.05, 0.1) is 19.0 Å². The molecule has 8 nitrogen and oxygen atoms in total. The Labute approximate surface area is 256 Å². The first-order chi connectivity index (χ1) is 21.7. The summed E-state index contributed by atoms with van der Waals surface area (Å²) in [5.41, 5.74) is -8.42. The fourth-order valence-corrected chi connectivity index (χ4v) is 5.86. The van der Waals surface area contributed by atoms with Crippen molar-refractivity contribution in [1.29, 1.82) is 0 Å². The van der Waals surface area contributed by atoms with Crippen molar-refractivity contribution >= 4 is 27.4 Å². The Kier molecular flexibility index (Phi) is 8.93. The monoisotopic (exact) mass is 668 g/mol. The molecule has 2 N–H and O–H groups in total. The lowest BCUT2D eigenvalue weighted by atomic mass is 9.76. The van der Waals surface area contributed by atoms with Crippen molar-refractivity contribution in [3.05, 3.63) is 65.0 Å². The van der Waals surface area contributed by atoms with Crippen molar-refractivity contribution in [1.82, 2.24) is 10.0 Å². The number of amides is 2. The summed E-state index contributed by atoms with van der Waals surface area (Å²) in [6, 6.07) is 6.41. The molecule has 246 valence electrons. The van der Waals surface area contributed by atoms with Crippen molar-refractivity contribution < 1.29 is 61.0 Å². The second kappa shape index (κ2) is 12.9. The molecule has 2 aromatic carbocycles. The van der Waals surface area contributed by atoms with Gasteiger partial charge in [0.2, 0.25) is 10.0 Å². The summed E-state index contributed by atoms with van der Waals surface area (Å²) in [6.07, 6.45) is -14.6. The SMILES string of the molecule is [2H]C1([2H])C(c2ccc(OC)cc2)=C(C(=O)NS(=O)(=O)C2CC2)C(=O)N[C@@]1(c1ccc(OCCCCCC(F)(F)F)cc1F)C(F)(F)F. The van der Waals surface area contributed by atoms with E-state index in [4.69, 9.17) is 12.2 Å². The van der Waals surface area contributed by atoms with Gasteiger partial charge in [0, 0.05) is 27.2 Å². The Hall–Kier alpha value is -3.82. The number of hydrogen-bond acceptors (Lipinski definition) is 6. The Morgan fingerprint density at radius 2 is 1.69 bits per heavy atom. The number of rotatable bonds is 12. The highest BCUT2D eigenvalue weighted by Crippen LogP contribution is 2.49. The van der Waals surface area contributed by atoms with Gasteiger partial charge in [0.1, 0.15) is 22.9 Å². The maximum atomic E-state index is 15.6. The standard InChI is InChI=1S/C29H29F7N2O6S/c1-43-18-7-5-17(6-8-18)21-16-27(29(34,35)36,37-25(39)24(21)26(40)38-45(41,42)20-10-11-20)22-12-9-19(15-23(22)30)44-14-4-2-3-13-28(31,32)33/h5-9,12,15,20H,2-4,10-11,13-14,16H2,1H3,(H,37,39)(H,38,40)/t27-/m0/s1/i16D2. The maximum absolute atomic E-state index is 15.6. The van der Waals surface area contributed by atoms with Gasteiger partial charge < -0.3 is 14.8 Å². The van der Waals surface area contributed by atoms with Crippen molar-refractivity contribution in [3.8, 4) is 11.5 Å². The lowest BCUT2D eigenvalue weighted by Gasteiger charge is -2.41. The van der Waals surface area contributed by atoms with E-state index >= 15 is 17.6 Å². The van der Waals surface area contributed by atoms with Crippen LogP contribution >= 0.6 is 0 Å². The highest BCUT2D eigenvalue weighted by atomic mass is 32.2. The van der Waals surface area contributed by atoms with Gasteiger partial charge in [-0.05, 0) is 67.5 Å². The molecule has 2 aromatic rings. The Morgan fingerprint density at radius 1 is 1.04 bits per heavy atom. The molecule has 0 aromatic heterocycles. The summed E-state index contributed by atoms with van der Waals surface area (Å²) in [5.74, 6) is -5.33. The lowest BCUT2D eigenvalue weighted by molar-refractivity contribution is -0.202. The second-order valence-electron chi connectivity index (χ2n) is 10.4. The largest absolute Gasteiger partial charge is 0.497 e. The van der Waals surface area contributed by atoms with E-state index in [0.29, 0.717) is 12.1 Å². The number of carbonyl (C=O) groups is 2. The van der Waals surface area contributed by atoms with E-state index in [1.807, 2.05) is 0 Å². The van der Waals surface area contributed by atoms with Gasteiger partial charge in [-0.3, -0.25) is 9.59 Å². The van der Waals surface area contributed by atoms with Crippen LogP contribution < -0.4 is 19.5 Å². The van der Waals surface area contributed by atoms with Crippen molar-refractivity contribution in [2.75, 3.05) is 13.7 Å². The van der Waals surface area contributed by atoms with Crippen LogP contribution in [-0.4, -0.2) is 51.6 Å². The minimum absolute atomic E-state index is 0.0990. The zero-order valence-electron chi connectivity index (χ0n) is 25.6. The molecule has 1 aliphatic carbocycles. The number of halogens is 7. The third kappa shape index (κ3) is 7.89. The topological polar surface area (TPSA) is 111 Å². The van der Waals surface area contributed by atoms with E-state index < -0.39 is 85.9 Å². The molecule has 1 heterocycles. The molecule has 0 unspecified atom stereocenters. The Balaban J connectivity index is 1.78. The van der Waals surface area contributed by atoms with E-state index in [2.05, 4.69) is 0 Å². The van der Waals surface area contributed by atoms with Crippen LogP contribution in [-0.2, 0) is 25.2 Å². The van der Waals surface area contributed by atoms with Gasteiger partial charge in [-0.25, -0.2) is 17.5 Å². The Morgan fingerprint density at radius 3 is 2.24 bits per heavy atom. The number of unbranched alkanes of at least 4 members (excludes halogenated alkanes) is 2. The molecular formula is C29H29F7N2O6S. The van der Waals surface area contributed by atoms with Gasteiger partial charge in [0.25, 0.3) is 11.8 Å². The highest BCUT2D eigenvalue weighted by Gasteiger charge is 2.61. The third-order valence-electron chi connectivity index (χ3n) is 7.04. The van der Waals surface area contributed by atoms with Gasteiger partial charge in [0.15, 0.2) is 5.54 Å². The number of alkyl halides is 6. The molecule has 45 heavy (non-hydrogen) atoms.